The van der Waals surface area contributed by atoms with E-state index in [1.165, 1.54) is 0 Å². The molecule has 3 amide bonds. The van der Waals surface area contributed by atoms with Crippen LogP contribution in [0.25, 0.3) is 0 Å². The fourth-order valence-corrected chi connectivity index (χ4v) is 3.67. The van der Waals surface area contributed by atoms with Crippen molar-refractivity contribution in [3.05, 3.63) is 90.5 Å². The molecule has 5 nitrogen and oxygen atoms in total. The van der Waals surface area contributed by atoms with Gasteiger partial charge in [0.15, 0.2) is 0 Å². The largest absolute Gasteiger partial charge is 0.325 e. The lowest BCUT2D eigenvalue weighted by molar-refractivity contribution is -0.124. The third-order valence-electron chi connectivity index (χ3n) is 5.38. The zero-order valence-electron chi connectivity index (χ0n) is 16.0. The molecule has 0 saturated heterocycles. The molecule has 5 heteroatoms. The zero-order chi connectivity index (χ0) is 20.1. The highest BCUT2D eigenvalue weighted by atomic mass is 16.2. The summed E-state index contributed by atoms with van der Waals surface area (Å²) < 4.78 is 0. The second-order valence-corrected chi connectivity index (χ2v) is 7.28. The van der Waals surface area contributed by atoms with Gasteiger partial charge in [0.1, 0.15) is 0 Å². The van der Waals surface area contributed by atoms with Crippen molar-refractivity contribution in [2.45, 2.75) is 24.7 Å². The fourth-order valence-electron chi connectivity index (χ4n) is 3.67. The third-order valence-corrected chi connectivity index (χ3v) is 5.38. The van der Waals surface area contributed by atoms with Gasteiger partial charge in [0.2, 0.25) is 5.91 Å². The molecular formula is C24H23N3O2. The smallest absolute Gasteiger partial charge is 0.323 e. The summed E-state index contributed by atoms with van der Waals surface area (Å²) >= 11 is 0. The molecule has 1 saturated carbocycles. The Labute approximate surface area is 170 Å². The van der Waals surface area contributed by atoms with Crippen molar-refractivity contribution in [1.29, 1.82) is 0 Å². The van der Waals surface area contributed by atoms with Gasteiger partial charge in [-0.1, -0.05) is 61.0 Å². The first-order valence-corrected chi connectivity index (χ1v) is 9.76. The summed E-state index contributed by atoms with van der Waals surface area (Å²) in [6.45, 7) is 0. The molecule has 146 valence electrons. The van der Waals surface area contributed by atoms with Crippen LogP contribution in [0.2, 0.25) is 0 Å². The number of hydrogen-bond acceptors (Lipinski definition) is 2. The predicted octanol–water partition coefficient (Wildman–Crippen LogP) is 5.39. The Morgan fingerprint density at radius 3 is 1.83 bits per heavy atom. The van der Waals surface area contributed by atoms with Gasteiger partial charge in [-0.3, -0.25) is 4.79 Å². The first-order valence-electron chi connectivity index (χ1n) is 9.76. The number of urea groups is 1. The first kappa shape index (κ1) is 18.7. The van der Waals surface area contributed by atoms with Gasteiger partial charge >= 0.3 is 6.03 Å². The van der Waals surface area contributed by atoms with Gasteiger partial charge in [-0.05, 0) is 48.7 Å². The number of carbonyl (C=O) groups excluding carboxylic acids is 2. The molecule has 1 aliphatic rings. The maximum Gasteiger partial charge on any atom is 0.323 e. The minimum Gasteiger partial charge on any atom is -0.325 e. The molecule has 0 heterocycles. The topological polar surface area (TPSA) is 70.2 Å². The monoisotopic (exact) mass is 385 g/mol. The van der Waals surface area contributed by atoms with Crippen LogP contribution in [0.4, 0.5) is 21.9 Å². The number of para-hydroxylation sites is 1. The van der Waals surface area contributed by atoms with Crippen molar-refractivity contribution >= 4 is 29.0 Å². The van der Waals surface area contributed by atoms with E-state index < -0.39 is 5.41 Å². The maximum absolute atomic E-state index is 13.1. The van der Waals surface area contributed by atoms with Crippen LogP contribution in [0.3, 0.4) is 0 Å². The van der Waals surface area contributed by atoms with Crippen molar-refractivity contribution in [2.24, 2.45) is 0 Å². The molecule has 0 aromatic heterocycles. The maximum atomic E-state index is 13.1. The minimum atomic E-state index is -0.463. The van der Waals surface area contributed by atoms with Crippen LogP contribution in [0, 0.1) is 0 Å². The molecule has 1 fully saturated rings. The third kappa shape index (κ3) is 4.14. The van der Waals surface area contributed by atoms with E-state index >= 15 is 0 Å². The summed E-state index contributed by atoms with van der Waals surface area (Å²) in [7, 11) is 0. The van der Waals surface area contributed by atoms with E-state index in [-0.39, 0.29) is 11.9 Å². The molecule has 3 N–H and O–H groups in total. The quantitative estimate of drug-likeness (QED) is 0.551. The van der Waals surface area contributed by atoms with Gasteiger partial charge in [-0.15, -0.1) is 0 Å². The number of rotatable bonds is 5. The highest BCUT2D eigenvalue weighted by molar-refractivity contribution is 6.02. The molecule has 4 rings (SSSR count). The first-order chi connectivity index (χ1) is 14.2. The van der Waals surface area contributed by atoms with Gasteiger partial charge in [-0.2, -0.15) is 0 Å². The Balaban J connectivity index is 1.43. The van der Waals surface area contributed by atoms with Crippen LogP contribution in [0.5, 0.6) is 0 Å². The number of benzene rings is 3. The van der Waals surface area contributed by atoms with E-state index in [0.29, 0.717) is 17.1 Å². The normalized spacial score (nSPS) is 14.3. The Hall–Kier alpha value is -3.60. The van der Waals surface area contributed by atoms with Gasteiger partial charge in [-0.25, -0.2) is 4.79 Å². The van der Waals surface area contributed by atoms with Gasteiger partial charge in [0.05, 0.1) is 5.41 Å². The fraction of sp³-hybridized carbons (Fsp3) is 0.167. The number of anilines is 3. The molecule has 0 radical (unpaired) electrons. The van der Waals surface area contributed by atoms with Crippen LogP contribution in [0.1, 0.15) is 24.8 Å². The number of carbonyl (C=O) groups is 2. The van der Waals surface area contributed by atoms with Crippen LogP contribution >= 0.6 is 0 Å². The van der Waals surface area contributed by atoms with E-state index in [9.17, 15) is 9.59 Å². The van der Waals surface area contributed by atoms with E-state index in [0.717, 1.165) is 24.8 Å². The van der Waals surface area contributed by atoms with E-state index in [4.69, 9.17) is 0 Å². The van der Waals surface area contributed by atoms with Crippen LogP contribution in [-0.2, 0) is 10.2 Å². The zero-order valence-corrected chi connectivity index (χ0v) is 16.0. The Kier molecular flexibility index (Phi) is 5.29. The molecule has 0 atom stereocenters. The van der Waals surface area contributed by atoms with Crippen molar-refractivity contribution in [3.8, 4) is 0 Å². The van der Waals surface area contributed by atoms with Crippen molar-refractivity contribution in [1.82, 2.24) is 0 Å². The van der Waals surface area contributed by atoms with Crippen molar-refractivity contribution < 1.29 is 9.59 Å². The second kappa shape index (κ2) is 8.19. The SMILES string of the molecule is O=C(Nc1ccccc1)Nc1cccc(NC(=O)C2(c3ccccc3)CCC2)c1. The molecule has 1 aliphatic carbocycles. The highest BCUT2D eigenvalue weighted by Gasteiger charge is 2.45. The Morgan fingerprint density at radius 2 is 1.21 bits per heavy atom. The molecule has 0 aliphatic heterocycles. The van der Waals surface area contributed by atoms with E-state index in [1.54, 1.807) is 12.1 Å². The summed E-state index contributed by atoms with van der Waals surface area (Å²) in [5, 5.41) is 8.61. The molecular weight excluding hydrogens is 362 g/mol. The predicted molar refractivity (Wildman–Crippen MR) is 116 cm³/mol. The summed E-state index contributed by atoms with van der Waals surface area (Å²) in [4.78, 5) is 25.3. The number of nitrogens with one attached hydrogen (secondary N) is 3. The van der Waals surface area contributed by atoms with Gasteiger partial charge in [0, 0.05) is 17.1 Å². The van der Waals surface area contributed by atoms with Crippen molar-refractivity contribution in [3.63, 3.8) is 0 Å². The summed E-state index contributed by atoms with van der Waals surface area (Å²) in [6, 6.07) is 26.0. The van der Waals surface area contributed by atoms with Crippen LogP contribution in [0.15, 0.2) is 84.9 Å². The molecule has 0 spiro atoms. The minimum absolute atomic E-state index is 0.000775. The van der Waals surface area contributed by atoms with Gasteiger partial charge < -0.3 is 16.0 Å². The lowest BCUT2D eigenvalue weighted by atomic mass is 9.64. The van der Waals surface area contributed by atoms with Crippen molar-refractivity contribution in [2.75, 3.05) is 16.0 Å². The summed E-state index contributed by atoms with van der Waals surface area (Å²) in [5.41, 5.74) is 2.58. The Morgan fingerprint density at radius 1 is 0.655 bits per heavy atom. The number of amides is 3. The molecule has 3 aromatic rings. The molecule has 0 bridgehead atoms. The average Bonchev–Trinajstić information content (AvgIpc) is 2.69. The average molecular weight is 385 g/mol. The number of hydrogen-bond donors (Lipinski definition) is 3. The van der Waals surface area contributed by atoms with E-state index in [1.807, 2.05) is 72.8 Å². The van der Waals surface area contributed by atoms with E-state index in [2.05, 4.69) is 16.0 Å². The highest BCUT2D eigenvalue weighted by Crippen LogP contribution is 2.44. The lowest BCUT2D eigenvalue weighted by Crippen LogP contribution is -2.45. The van der Waals surface area contributed by atoms with Crippen LogP contribution < -0.4 is 16.0 Å². The summed E-state index contributed by atoms with van der Waals surface area (Å²) in [5.74, 6) is 0.000775. The second-order valence-electron chi connectivity index (χ2n) is 7.28. The molecule has 29 heavy (non-hydrogen) atoms. The Bertz CT molecular complexity index is 999. The molecule has 0 unspecified atom stereocenters. The molecule has 3 aromatic carbocycles. The standard InChI is InChI=1S/C24H23N3O2/c28-22(24(15-8-16-24)18-9-3-1-4-10-18)25-20-13-7-14-21(17-20)27-23(29)26-19-11-5-2-6-12-19/h1-7,9-14,17H,8,15-16H2,(H,25,28)(H2,26,27,29). The van der Waals surface area contributed by atoms with Crippen LogP contribution in [-0.4, -0.2) is 11.9 Å². The lowest BCUT2D eigenvalue weighted by Gasteiger charge is -2.40. The van der Waals surface area contributed by atoms with Gasteiger partial charge in [0.25, 0.3) is 0 Å². The summed E-state index contributed by atoms with van der Waals surface area (Å²) in [6.07, 6.45) is 2.74.